The molecule has 2 aliphatic carbocycles. The van der Waals surface area contributed by atoms with Gasteiger partial charge in [0.05, 0.1) is 0 Å². The number of hydrogen-bond donors (Lipinski definition) is 1. The lowest BCUT2D eigenvalue weighted by Gasteiger charge is -2.20. The lowest BCUT2D eigenvalue weighted by molar-refractivity contribution is -0.117. The second-order valence-corrected chi connectivity index (χ2v) is 5.89. The molecular weight excluding hydrogens is 242 g/mol. The second kappa shape index (κ2) is 4.79. The summed E-state index contributed by atoms with van der Waals surface area (Å²) < 4.78 is 1.38. The Hall–Kier alpha value is -1.65. The minimum atomic E-state index is -0.349. The number of aryl methyl sites for hydroxylation is 1. The molecule has 0 aliphatic heterocycles. The van der Waals surface area contributed by atoms with Crippen LogP contribution in [0, 0.1) is 17.8 Å². The van der Waals surface area contributed by atoms with Gasteiger partial charge in [0, 0.05) is 19.7 Å². The zero-order valence-electron chi connectivity index (χ0n) is 11.1. The number of nitrogens with one attached hydrogen (secondary N) is 1. The fourth-order valence-electron chi connectivity index (χ4n) is 3.59. The lowest BCUT2D eigenvalue weighted by Crippen LogP contribution is -2.24. The molecule has 0 saturated heterocycles. The Morgan fingerprint density at radius 3 is 2.95 bits per heavy atom. The maximum atomic E-state index is 12.0. The fourth-order valence-corrected chi connectivity index (χ4v) is 3.59. The highest BCUT2D eigenvalue weighted by molar-refractivity contribution is 5.89. The number of aromatic nitrogens is 2. The van der Waals surface area contributed by atoms with Gasteiger partial charge >= 0.3 is 5.69 Å². The van der Waals surface area contributed by atoms with E-state index in [1.54, 1.807) is 19.3 Å². The van der Waals surface area contributed by atoms with Gasteiger partial charge in [-0.05, 0) is 43.1 Å². The van der Waals surface area contributed by atoms with Crippen molar-refractivity contribution >= 4 is 11.7 Å². The average molecular weight is 261 g/mol. The summed E-state index contributed by atoms with van der Waals surface area (Å²) in [6.07, 6.45) is 7.32. The highest BCUT2D eigenvalue weighted by atomic mass is 16.2. The highest BCUT2D eigenvalue weighted by Gasteiger charge is 2.40. The van der Waals surface area contributed by atoms with Crippen LogP contribution in [0.15, 0.2) is 17.1 Å². The first-order chi connectivity index (χ1) is 9.11. The third-order valence-corrected chi connectivity index (χ3v) is 4.57. The Morgan fingerprint density at radius 2 is 2.32 bits per heavy atom. The maximum absolute atomic E-state index is 12.0. The van der Waals surface area contributed by atoms with Crippen LogP contribution in [0.1, 0.15) is 32.1 Å². The predicted octanol–water partition coefficient (Wildman–Crippen LogP) is 1.55. The predicted molar refractivity (Wildman–Crippen MR) is 71.7 cm³/mol. The summed E-state index contributed by atoms with van der Waals surface area (Å²) in [5.74, 6) is 2.47. The molecule has 5 heteroatoms. The van der Waals surface area contributed by atoms with Gasteiger partial charge in [0.1, 0.15) is 5.82 Å². The molecular formula is C14H19N3O2. The van der Waals surface area contributed by atoms with E-state index in [-0.39, 0.29) is 11.6 Å². The van der Waals surface area contributed by atoms with E-state index in [1.165, 1.54) is 30.3 Å². The number of carbonyl (C=O) groups excluding carboxylic acids is 1. The van der Waals surface area contributed by atoms with Crippen molar-refractivity contribution in [2.45, 2.75) is 32.1 Å². The molecule has 1 aromatic rings. The van der Waals surface area contributed by atoms with Crippen LogP contribution in [0.2, 0.25) is 0 Å². The minimum Gasteiger partial charge on any atom is -0.310 e. The highest BCUT2D eigenvalue weighted by Crippen LogP contribution is 2.49. The summed E-state index contributed by atoms with van der Waals surface area (Å²) >= 11 is 0. The zero-order valence-corrected chi connectivity index (χ0v) is 11.1. The van der Waals surface area contributed by atoms with Gasteiger partial charge < -0.3 is 9.88 Å². The van der Waals surface area contributed by atoms with Crippen LogP contribution in [0.5, 0.6) is 0 Å². The van der Waals surface area contributed by atoms with Crippen LogP contribution in [0.25, 0.3) is 0 Å². The molecule has 102 valence electrons. The van der Waals surface area contributed by atoms with E-state index in [1.807, 2.05) is 0 Å². The van der Waals surface area contributed by atoms with Gasteiger partial charge in [-0.2, -0.15) is 4.98 Å². The number of anilines is 1. The van der Waals surface area contributed by atoms with Crippen molar-refractivity contribution in [3.63, 3.8) is 0 Å². The van der Waals surface area contributed by atoms with Gasteiger partial charge in [-0.15, -0.1) is 0 Å². The summed E-state index contributed by atoms with van der Waals surface area (Å²) in [7, 11) is 1.64. The molecule has 0 spiro atoms. The van der Waals surface area contributed by atoms with Crippen molar-refractivity contribution in [3.05, 3.63) is 22.7 Å². The molecule has 3 unspecified atom stereocenters. The standard InChI is InChI=1S/C14H19N3O2/c1-17-5-4-12(16-14(17)19)15-13(18)8-11-7-9-2-3-10(11)6-9/h4-5,9-11H,2-3,6-8H2,1H3,(H,15,16,18,19). The first kappa shape index (κ1) is 12.4. The van der Waals surface area contributed by atoms with Gasteiger partial charge in [-0.1, -0.05) is 6.42 Å². The van der Waals surface area contributed by atoms with Crippen LogP contribution in [-0.2, 0) is 11.8 Å². The van der Waals surface area contributed by atoms with E-state index in [2.05, 4.69) is 10.3 Å². The second-order valence-electron chi connectivity index (χ2n) is 5.89. The van der Waals surface area contributed by atoms with Crippen molar-refractivity contribution in [3.8, 4) is 0 Å². The normalized spacial score (nSPS) is 28.6. The van der Waals surface area contributed by atoms with Gasteiger partial charge in [-0.25, -0.2) is 4.79 Å². The van der Waals surface area contributed by atoms with Crippen molar-refractivity contribution in [2.75, 3.05) is 5.32 Å². The molecule has 3 atom stereocenters. The number of rotatable bonds is 3. The third-order valence-electron chi connectivity index (χ3n) is 4.57. The third kappa shape index (κ3) is 2.55. The van der Waals surface area contributed by atoms with Crippen LogP contribution in [-0.4, -0.2) is 15.5 Å². The molecule has 1 heterocycles. The Kier molecular flexibility index (Phi) is 3.12. The number of carbonyl (C=O) groups is 1. The molecule has 2 bridgehead atoms. The largest absolute Gasteiger partial charge is 0.349 e. The number of amides is 1. The molecule has 0 radical (unpaired) electrons. The van der Waals surface area contributed by atoms with Gasteiger partial charge in [0.25, 0.3) is 0 Å². The first-order valence-electron chi connectivity index (χ1n) is 6.95. The molecule has 0 aromatic carbocycles. The summed E-state index contributed by atoms with van der Waals surface area (Å²) in [6.45, 7) is 0. The van der Waals surface area contributed by atoms with Crippen molar-refractivity contribution < 1.29 is 4.79 Å². The van der Waals surface area contributed by atoms with E-state index < -0.39 is 0 Å². The van der Waals surface area contributed by atoms with Crippen molar-refractivity contribution in [1.29, 1.82) is 0 Å². The van der Waals surface area contributed by atoms with E-state index >= 15 is 0 Å². The molecule has 2 saturated carbocycles. The summed E-state index contributed by atoms with van der Waals surface area (Å²) in [6, 6.07) is 1.65. The zero-order chi connectivity index (χ0) is 13.4. The molecule has 3 rings (SSSR count). The topological polar surface area (TPSA) is 64.0 Å². The quantitative estimate of drug-likeness (QED) is 0.897. The Balaban J connectivity index is 1.59. The number of fused-ring (bicyclic) bond motifs is 2. The smallest absolute Gasteiger partial charge is 0.310 e. The average Bonchev–Trinajstić information content (AvgIpc) is 2.96. The Labute approximate surface area is 112 Å². The van der Waals surface area contributed by atoms with Crippen molar-refractivity contribution in [2.24, 2.45) is 24.8 Å². The van der Waals surface area contributed by atoms with Crippen LogP contribution >= 0.6 is 0 Å². The maximum Gasteiger partial charge on any atom is 0.349 e. The Morgan fingerprint density at radius 1 is 1.47 bits per heavy atom. The summed E-state index contributed by atoms with van der Waals surface area (Å²) in [4.78, 5) is 27.2. The SMILES string of the molecule is Cn1ccc(NC(=O)CC2CC3CCC2C3)nc1=O. The summed E-state index contributed by atoms with van der Waals surface area (Å²) in [5, 5.41) is 2.73. The number of hydrogen-bond acceptors (Lipinski definition) is 3. The van der Waals surface area contributed by atoms with Gasteiger partial charge in [0.2, 0.25) is 5.91 Å². The summed E-state index contributed by atoms with van der Waals surface area (Å²) in [5.41, 5.74) is -0.349. The molecule has 1 N–H and O–H groups in total. The van der Waals surface area contributed by atoms with E-state index in [4.69, 9.17) is 0 Å². The fraction of sp³-hybridized carbons (Fsp3) is 0.643. The molecule has 1 aromatic heterocycles. The molecule has 2 aliphatic rings. The van der Waals surface area contributed by atoms with Crippen molar-refractivity contribution in [1.82, 2.24) is 9.55 Å². The van der Waals surface area contributed by atoms with Gasteiger partial charge in [0.15, 0.2) is 0 Å². The van der Waals surface area contributed by atoms with E-state index in [9.17, 15) is 9.59 Å². The van der Waals surface area contributed by atoms with E-state index in [0.29, 0.717) is 18.2 Å². The van der Waals surface area contributed by atoms with Gasteiger partial charge in [-0.3, -0.25) is 4.79 Å². The lowest BCUT2D eigenvalue weighted by atomic mass is 9.86. The molecule has 5 nitrogen and oxygen atoms in total. The monoisotopic (exact) mass is 261 g/mol. The minimum absolute atomic E-state index is 0.0155. The first-order valence-corrected chi connectivity index (χ1v) is 6.95. The molecule has 2 fully saturated rings. The van der Waals surface area contributed by atoms with Crippen LogP contribution < -0.4 is 11.0 Å². The Bertz CT molecular complexity index is 552. The van der Waals surface area contributed by atoms with Crippen LogP contribution in [0.4, 0.5) is 5.82 Å². The molecule has 19 heavy (non-hydrogen) atoms. The molecule has 1 amide bonds. The van der Waals surface area contributed by atoms with E-state index in [0.717, 1.165) is 11.8 Å². The number of nitrogens with zero attached hydrogens (tertiary/aromatic N) is 2. The van der Waals surface area contributed by atoms with Crippen LogP contribution in [0.3, 0.4) is 0 Å².